The number of halogens is 1. The van der Waals surface area contributed by atoms with Gasteiger partial charge in [0.1, 0.15) is 5.76 Å². The first-order chi connectivity index (χ1) is 7.95. The molecular weight excluding hydrogens is 234 g/mol. The van der Waals surface area contributed by atoms with Crippen molar-refractivity contribution in [2.24, 2.45) is 0 Å². The summed E-state index contributed by atoms with van der Waals surface area (Å²) in [5.41, 5.74) is 1.22. The van der Waals surface area contributed by atoms with Crippen molar-refractivity contribution < 1.29 is 16.8 Å². The van der Waals surface area contributed by atoms with E-state index in [0.29, 0.717) is 0 Å². The van der Waals surface area contributed by atoms with E-state index in [4.69, 9.17) is 4.42 Å². The van der Waals surface area contributed by atoms with E-state index in [1.165, 1.54) is 5.56 Å². The number of furan rings is 1. The maximum absolute atomic E-state index is 5.21. The first-order valence-electron chi connectivity index (χ1n) is 5.40. The van der Waals surface area contributed by atoms with Gasteiger partial charge in [-0.1, -0.05) is 42.5 Å². The molecule has 2 rings (SSSR count). The highest BCUT2D eigenvalue weighted by Gasteiger charge is 1.91. The molecule has 0 aliphatic heterocycles. The molecule has 0 aliphatic rings. The fraction of sp³-hybridized carbons (Fsp3) is 0.143. The molecule has 1 heterocycles. The molecule has 1 aromatic heterocycles. The normalized spacial score (nSPS) is 10.4. The van der Waals surface area contributed by atoms with Gasteiger partial charge in [-0.15, -0.1) is 0 Å². The van der Waals surface area contributed by atoms with Crippen LogP contribution in [-0.2, 0) is 6.54 Å². The van der Waals surface area contributed by atoms with Crippen LogP contribution >= 0.6 is 0 Å². The third-order valence-corrected chi connectivity index (χ3v) is 2.25. The van der Waals surface area contributed by atoms with Crippen LogP contribution in [0.25, 0.3) is 6.08 Å². The van der Waals surface area contributed by atoms with Gasteiger partial charge in [0.05, 0.1) is 12.8 Å². The molecule has 17 heavy (non-hydrogen) atoms. The molecule has 2 nitrogen and oxygen atoms in total. The van der Waals surface area contributed by atoms with Gasteiger partial charge in [-0.3, -0.25) is 0 Å². The molecular formula is C14H15ClNO-. The predicted molar refractivity (Wildman–Crippen MR) is 65.9 cm³/mol. The first kappa shape index (κ1) is 13.6. The smallest absolute Gasteiger partial charge is 0.117 e. The molecule has 2 aromatic rings. The number of hydrogen-bond donors (Lipinski definition) is 1. The molecule has 0 saturated carbocycles. The fourth-order valence-electron chi connectivity index (χ4n) is 1.45. The SMILES string of the molecule is C(=C\c1ccccc1)/CNCc1ccco1.[Cl-]. The molecule has 0 fully saturated rings. The molecule has 0 aliphatic carbocycles. The van der Waals surface area contributed by atoms with Crippen LogP contribution < -0.4 is 17.7 Å². The summed E-state index contributed by atoms with van der Waals surface area (Å²) in [6.45, 7) is 1.61. The Balaban J connectivity index is 0.00000144. The fourth-order valence-corrected chi connectivity index (χ4v) is 1.45. The summed E-state index contributed by atoms with van der Waals surface area (Å²) in [4.78, 5) is 0. The molecule has 1 aromatic carbocycles. The minimum atomic E-state index is 0. The van der Waals surface area contributed by atoms with Crippen LogP contribution in [0.2, 0.25) is 0 Å². The Morgan fingerprint density at radius 3 is 2.59 bits per heavy atom. The van der Waals surface area contributed by atoms with Crippen molar-refractivity contribution in [1.82, 2.24) is 5.32 Å². The number of nitrogens with one attached hydrogen (secondary N) is 1. The summed E-state index contributed by atoms with van der Waals surface area (Å²) in [5, 5.41) is 3.28. The second kappa shape index (κ2) is 7.71. The van der Waals surface area contributed by atoms with E-state index >= 15 is 0 Å². The van der Waals surface area contributed by atoms with Crippen LogP contribution in [0.3, 0.4) is 0 Å². The van der Waals surface area contributed by atoms with Crippen molar-refractivity contribution in [3.8, 4) is 0 Å². The molecule has 3 heteroatoms. The zero-order chi connectivity index (χ0) is 11.1. The highest BCUT2D eigenvalue weighted by Crippen LogP contribution is 2.01. The monoisotopic (exact) mass is 248 g/mol. The summed E-state index contributed by atoms with van der Waals surface area (Å²) < 4.78 is 5.21. The van der Waals surface area contributed by atoms with Crippen molar-refractivity contribution in [2.45, 2.75) is 6.54 Å². The molecule has 90 valence electrons. The molecule has 1 N–H and O–H groups in total. The number of benzene rings is 1. The lowest BCUT2D eigenvalue weighted by molar-refractivity contribution is -0.00000370. The zero-order valence-corrected chi connectivity index (χ0v) is 10.2. The maximum atomic E-state index is 5.21. The second-order valence-electron chi connectivity index (χ2n) is 3.52. The van der Waals surface area contributed by atoms with Gasteiger partial charge < -0.3 is 22.1 Å². The van der Waals surface area contributed by atoms with E-state index in [0.717, 1.165) is 18.8 Å². The van der Waals surface area contributed by atoms with E-state index in [1.807, 2.05) is 30.3 Å². The average molecular weight is 249 g/mol. The van der Waals surface area contributed by atoms with Gasteiger partial charge in [0.15, 0.2) is 0 Å². The van der Waals surface area contributed by atoms with E-state index in [2.05, 4.69) is 29.6 Å². The van der Waals surface area contributed by atoms with Crippen LogP contribution in [0, 0.1) is 0 Å². The highest BCUT2D eigenvalue weighted by molar-refractivity contribution is 5.48. The second-order valence-corrected chi connectivity index (χ2v) is 3.52. The molecule has 0 radical (unpaired) electrons. The van der Waals surface area contributed by atoms with Crippen molar-refractivity contribution in [2.75, 3.05) is 6.54 Å². The summed E-state index contributed by atoms with van der Waals surface area (Å²) >= 11 is 0. The van der Waals surface area contributed by atoms with Crippen LogP contribution in [0.15, 0.2) is 59.2 Å². The van der Waals surface area contributed by atoms with Gasteiger partial charge in [0.2, 0.25) is 0 Å². The van der Waals surface area contributed by atoms with Crippen LogP contribution in [0.1, 0.15) is 11.3 Å². The Labute approximate surface area is 108 Å². The zero-order valence-electron chi connectivity index (χ0n) is 9.47. The lowest BCUT2D eigenvalue weighted by atomic mass is 10.2. The Kier molecular flexibility index (Phi) is 6.15. The average Bonchev–Trinajstić information content (AvgIpc) is 2.83. The summed E-state index contributed by atoms with van der Waals surface area (Å²) in [6.07, 6.45) is 5.91. The lowest BCUT2D eigenvalue weighted by Gasteiger charge is -1.97. The molecule has 0 atom stereocenters. The highest BCUT2D eigenvalue weighted by atomic mass is 35.5. The van der Waals surface area contributed by atoms with Crippen molar-refractivity contribution >= 4 is 6.08 Å². The van der Waals surface area contributed by atoms with E-state index in [1.54, 1.807) is 6.26 Å². The lowest BCUT2D eigenvalue weighted by Crippen LogP contribution is -3.00. The van der Waals surface area contributed by atoms with Crippen LogP contribution in [0.4, 0.5) is 0 Å². The van der Waals surface area contributed by atoms with Crippen molar-refractivity contribution in [1.29, 1.82) is 0 Å². The Bertz CT molecular complexity index is 423. The van der Waals surface area contributed by atoms with Gasteiger partial charge in [0.25, 0.3) is 0 Å². The minimum absolute atomic E-state index is 0. The minimum Gasteiger partial charge on any atom is -1.00 e. The predicted octanol–water partition coefficient (Wildman–Crippen LogP) is 0.0866. The topological polar surface area (TPSA) is 25.2 Å². The van der Waals surface area contributed by atoms with E-state index in [-0.39, 0.29) is 12.4 Å². The number of rotatable bonds is 5. The molecule has 0 amide bonds. The molecule has 0 spiro atoms. The van der Waals surface area contributed by atoms with E-state index < -0.39 is 0 Å². The largest absolute Gasteiger partial charge is 1.00 e. The van der Waals surface area contributed by atoms with Crippen LogP contribution in [0.5, 0.6) is 0 Å². The van der Waals surface area contributed by atoms with Gasteiger partial charge in [-0.25, -0.2) is 0 Å². The summed E-state index contributed by atoms with van der Waals surface area (Å²) in [5.74, 6) is 0.966. The first-order valence-corrected chi connectivity index (χ1v) is 5.40. The molecule has 0 bridgehead atoms. The van der Waals surface area contributed by atoms with Gasteiger partial charge in [-0.05, 0) is 17.7 Å². The van der Waals surface area contributed by atoms with Crippen molar-refractivity contribution in [3.05, 3.63) is 66.1 Å². The Morgan fingerprint density at radius 1 is 1.06 bits per heavy atom. The quantitative estimate of drug-likeness (QED) is 0.759. The third-order valence-electron chi connectivity index (χ3n) is 2.25. The number of hydrogen-bond acceptors (Lipinski definition) is 2. The van der Waals surface area contributed by atoms with Crippen LogP contribution in [-0.4, -0.2) is 6.54 Å². The van der Waals surface area contributed by atoms with Gasteiger partial charge >= 0.3 is 0 Å². The Morgan fingerprint density at radius 2 is 1.88 bits per heavy atom. The van der Waals surface area contributed by atoms with Crippen molar-refractivity contribution in [3.63, 3.8) is 0 Å². The summed E-state index contributed by atoms with van der Waals surface area (Å²) in [7, 11) is 0. The standard InChI is InChI=1S/C14H15NO.ClH/c1-2-6-13(7-3-1)8-4-10-15-12-14-9-5-11-16-14;/h1-9,11,15H,10,12H2;1H/p-1/b8-4+;. The molecule has 0 saturated heterocycles. The summed E-state index contributed by atoms with van der Waals surface area (Å²) in [6, 6.07) is 14.1. The van der Waals surface area contributed by atoms with E-state index in [9.17, 15) is 0 Å². The van der Waals surface area contributed by atoms with Gasteiger partial charge in [0, 0.05) is 6.54 Å². The Hall–Kier alpha value is -1.51. The third kappa shape index (κ3) is 4.89. The maximum Gasteiger partial charge on any atom is 0.117 e. The molecule has 0 unspecified atom stereocenters. The van der Waals surface area contributed by atoms with Gasteiger partial charge in [-0.2, -0.15) is 0 Å².